The van der Waals surface area contributed by atoms with Gasteiger partial charge in [0.15, 0.2) is 5.82 Å². The van der Waals surface area contributed by atoms with Gasteiger partial charge in [0.25, 0.3) is 0 Å². The molecule has 4 nitrogen and oxygen atoms in total. The van der Waals surface area contributed by atoms with Gasteiger partial charge in [-0.2, -0.15) is 0 Å². The number of carbonyl (C=O) groups is 1. The summed E-state index contributed by atoms with van der Waals surface area (Å²) in [6.45, 7) is 0. The Hall–Kier alpha value is -2.64. The quantitative estimate of drug-likeness (QED) is 0.882. The molecular formula is C13H7F4NO3. The van der Waals surface area contributed by atoms with Crippen molar-refractivity contribution in [3.8, 4) is 17.0 Å². The number of hydrogen-bond donors (Lipinski definition) is 1. The number of aromatic nitrogens is 1. The van der Waals surface area contributed by atoms with Gasteiger partial charge in [0, 0.05) is 5.56 Å². The lowest BCUT2D eigenvalue weighted by Gasteiger charge is -2.10. The summed E-state index contributed by atoms with van der Waals surface area (Å²) >= 11 is 0. The summed E-state index contributed by atoms with van der Waals surface area (Å²) in [5.41, 5.74) is -0.442. The molecule has 21 heavy (non-hydrogen) atoms. The van der Waals surface area contributed by atoms with Gasteiger partial charge in [-0.25, -0.2) is 9.18 Å². The lowest BCUT2D eigenvalue weighted by molar-refractivity contribution is -0.274. The Labute approximate surface area is 115 Å². The molecule has 1 aromatic heterocycles. The van der Waals surface area contributed by atoms with Crippen LogP contribution >= 0.6 is 0 Å². The summed E-state index contributed by atoms with van der Waals surface area (Å²) in [6.07, 6.45) is -4.16. The second kappa shape index (κ2) is 5.39. The maximum Gasteiger partial charge on any atom is 0.573 e. The summed E-state index contributed by atoms with van der Waals surface area (Å²) < 4.78 is 53.4. The molecule has 0 saturated carbocycles. The van der Waals surface area contributed by atoms with Crippen LogP contribution in [0.5, 0.6) is 5.75 Å². The van der Waals surface area contributed by atoms with E-state index in [0.29, 0.717) is 6.20 Å². The van der Waals surface area contributed by atoms with E-state index in [2.05, 4.69) is 9.72 Å². The Morgan fingerprint density at radius 1 is 1.24 bits per heavy atom. The zero-order valence-electron chi connectivity index (χ0n) is 10.2. The van der Waals surface area contributed by atoms with Crippen molar-refractivity contribution in [1.29, 1.82) is 0 Å². The third kappa shape index (κ3) is 3.68. The lowest BCUT2D eigenvalue weighted by Crippen LogP contribution is -2.17. The zero-order valence-corrected chi connectivity index (χ0v) is 10.2. The zero-order chi connectivity index (χ0) is 15.6. The number of benzene rings is 1. The second-order valence-corrected chi connectivity index (χ2v) is 3.93. The molecule has 1 aromatic carbocycles. The Kier molecular flexibility index (Phi) is 3.79. The molecule has 0 bridgehead atoms. The van der Waals surface area contributed by atoms with Gasteiger partial charge >= 0.3 is 12.3 Å². The number of aromatic carboxylic acids is 1. The predicted molar refractivity (Wildman–Crippen MR) is 63.3 cm³/mol. The third-order valence-corrected chi connectivity index (χ3v) is 2.45. The molecule has 2 aromatic rings. The first-order chi connectivity index (χ1) is 9.76. The molecule has 0 fully saturated rings. The van der Waals surface area contributed by atoms with Crippen molar-refractivity contribution < 1.29 is 32.2 Å². The molecule has 0 atom stereocenters. The summed E-state index contributed by atoms with van der Waals surface area (Å²) in [7, 11) is 0. The van der Waals surface area contributed by atoms with Crippen molar-refractivity contribution in [2.45, 2.75) is 6.36 Å². The van der Waals surface area contributed by atoms with E-state index in [4.69, 9.17) is 5.11 Å². The lowest BCUT2D eigenvalue weighted by atomic mass is 10.1. The van der Waals surface area contributed by atoms with E-state index in [-0.39, 0.29) is 11.3 Å². The first kappa shape index (κ1) is 14.8. The Morgan fingerprint density at radius 3 is 2.57 bits per heavy atom. The van der Waals surface area contributed by atoms with Crippen LogP contribution in [0.1, 0.15) is 10.4 Å². The second-order valence-electron chi connectivity index (χ2n) is 3.93. The number of nitrogens with zero attached hydrogens (tertiary/aromatic N) is 1. The van der Waals surface area contributed by atoms with Crippen LogP contribution in [-0.4, -0.2) is 22.4 Å². The van der Waals surface area contributed by atoms with Crippen molar-refractivity contribution >= 4 is 5.97 Å². The van der Waals surface area contributed by atoms with E-state index in [1.807, 2.05) is 0 Å². The molecular weight excluding hydrogens is 294 g/mol. The van der Waals surface area contributed by atoms with Crippen LogP contribution in [0.4, 0.5) is 17.6 Å². The highest BCUT2D eigenvalue weighted by Gasteiger charge is 2.31. The third-order valence-electron chi connectivity index (χ3n) is 2.45. The standard InChI is InChI=1S/C13H7F4NO3/c14-10-6-18-11(5-9(10)12(19)20)7-2-1-3-8(4-7)21-13(15,16)17/h1-6H,(H,19,20). The molecule has 8 heteroatoms. The number of ether oxygens (including phenoxy) is 1. The van der Waals surface area contributed by atoms with Crippen LogP contribution in [0, 0.1) is 5.82 Å². The molecule has 0 amide bonds. The van der Waals surface area contributed by atoms with Crippen LogP contribution in [0.15, 0.2) is 36.5 Å². The average molecular weight is 301 g/mol. The number of carboxylic acid groups (broad SMARTS) is 1. The van der Waals surface area contributed by atoms with Crippen molar-refractivity contribution in [3.05, 3.63) is 47.9 Å². The van der Waals surface area contributed by atoms with E-state index in [9.17, 15) is 22.4 Å². The molecule has 0 aliphatic carbocycles. The largest absolute Gasteiger partial charge is 0.573 e. The summed E-state index contributed by atoms with van der Waals surface area (Å²) in [5.74, 6) is -3.02. The minimum Gasteiger partial charge on any atom is -0.478 e. The number of alkyl halides is 3. The first-order valence-electron chi connectivity index (χ1n) is 5.51. The molecule has 110 valence electrons. The topological polar surface area (TPSA) is 59.4 Å². The molecule has 0 radical (unpaired) electrons. The fourth-order valence-electron chi connectivity index (χ4n) is 1.61. The molecule has 2 rings (SSSR count). The molecule has 0 saturated heterocycles. The maximum absolute atomic E-state index is 13.2. The Balaban J connectivity index is 2.41. The van der Waals surface area contributed by atoms with E-state index in [1.54, 1.807) is 0 Å². The van der Waals surface area contributed by atoms with Crippen LogP contribution in [-0.2, 0) is 0 Å². The summed E-state index contributed by atoms with van der Waals surface area (Å²) in [5, 5.41) is 8.80. The number of halogens is 4. The minimum absolute atomic E-state index is 0.0152. The molecule has 0 aliphatic rings. The van der Waals surface area contributed by atoms with Crippen LogP contribution < -0.4 is 4.74 Å². The van der Waals surface area contributed by atoms with Gasteiger partial charge in [0.1, 0.15) is 5.75 Å². The van der Waals surface area contributed by atoms with Gasteiger partial charge in [0.05, 0.1) is 17.5 Å². The van der Waals surface area contributed by atoms with Crippen LogP contribution in [0.25, 0.3) is 11.3 Å². The first-order valence-corrected chi connectivity index (χ1v) is 5.51. The minimum atomic E-state index is -4.85. The fraction of sp³-hybridized carbons (Fsp3) is 0.0769. The van der Waals surface area contributed by atoms with Crippen LogP contribution in [0.3, 0.4) is 0 Å². The van der Waals surface area contributed by atoms with Gasteiger partial charge in [-0.05, 0) is 18.2 Å². The summed E-state index contributed by atoms with van der Waals surface area (Å²) in [4.78, 5) is 14.5. The monoisotopic (exact) mass is 301 g/mol. The number of rotatable bonds is 3. The highest BCUT2D eigenvalue weighted by Crippen LogP contribution is 2.27. The van der Waals surface area contributed by atoms with E-state index >= 15 is 0 Å². The van der Waals surface area contributed by atoms with Crippen molar-refractivity contribution in [2.75, 3.05) is 0 Å². The summed E-state index contributed by atoms with van der Waals surface area (Å²) in [6, 6.07) is 5.72. The molecule has 0 aliphatic heterocycles. The van der Waals surface area contributed by atoms with Crippen molar-refractivity contribution in [3.63, 3.8) is 0 Å². The Morgan fingerprint density at radius 2 is 1.95 bits per heavy atom. The van der Waals surface area contributed by atoms with Gasteiger partial charge in [-0.1, -0.05) is 12.1 Å². The predicted octanol–water partition coefficient (Wildman–Crippen LogP) is 3.48. The molecule has 1 heterocycles. The molecule has 0 spiro atoms. The highest BCUT2D eigenvalue weighted by atomic mass is 19.4. The number of pyridine rings is 1. The van der Waals surface area contributed by atoms with Gasteiger partial charge in [-0.15, -0.1) is 13.2 Å². The van der Waals surface area contributed by atoms with Gasteiger partial charge in [-0.3, -0.25) is 4.98 Å². The molecule has 1 N–H and O–H groups in total. The van der Waals surface area contributed by atoms with Gasteiger partial charge < -0.3 is 9.84 Å². The highest BCUT2D eigenvalue weighted by molar-refractivity contribution is 5.89. The van der Waals surface area contributed by atoms with E-state index < -0.39 is 29.5 Å². The number of carboxylic acids is 1. The normalized spacial score (nSPS) is 11.2. The maximum atomic E-state index is 13.2. The van der Waals surface area contributed by atoms with Crippen molar-refractivity contribution in [1.82, 2.24) is 4.98 Å². The average Bonchev–Trinajstić information content (AvgIpc) is 2.37. The van der Waals surface area contributed by atoms with Gasteiger partial charge in [0.2, 0.25) is 0 Å². The molecule has 0 unspecified atom stereocenters. The SMILES string of the molecule is O=C(O)c1cc(-c2cccc(OC(F)(F)F)c2)ncc1F. The Bertz CT molecular complexity index is 685. The van der Waals surface area contributed by atoms with Crippen LogP contribution in [0.2, 0.25) is 0 Å². The van der Waals surface area contributed by atoms with E-state index in [0.717, 1.165) is 18.2 Å². The van der Waals surface area contributed by atoms with E-state index in [1.165, 1.54) is 12.1 Å². The fourth-order valence-corrected chi connectivity index (χ4v) is 1.61. The van der Waals surface area contributed by atoms with Crippen molar-refractivity contribution in [2.24, 2.45) is 0 Å². The smallest absolute Gasteiger partial charge is 0.478 e. The number of hydrogen-bond acceptors (Lipinski definition) is 3.